The van der Waals surface area contributed by atoms with Crippen LogP contribution in [0.25, 0.3) is 0 Å². The first kappa shape index (κ1) is 4.31. The lowest BCUT2D eigenvalue weighted by atomic mass is 10.4. The second kappa shape index (κ2) is 1.73. The van der Waals surface area contributed by atoms with Gasteiger partial charge in [0, 0.05) is 0 Å². The first-order valence-electron chi connectivity index (χ1n) is 2.19. The predicted octanol–water partition coefficient (Wildman–Crippen LogP) is 1.19. The average Bonchev–Trinajstić information content (AvgIpc) is 1.69. The van der Waals surface area contributed by atoms with Crippen LogP contribution >= 0.6 is 0 Å². The zero-order chi connectivity index (χ0) is 5.11. The van der Waals surface area contributed by atoms with Crippen LogP contribution in [0.5, 0.6) is 0 Å². The molecule has 0 saturated carbocycles. The molecule has 0 unspecified atom stereocenters. The molecule has 1 nitrogen and oxygen atoms in total. The zero-order valence-electron chi connectivity index (χ0n) is 4.18. The highest BCUT2D eigenvalue weighted by Crippen LogP contribution is 1.85. The van der Waals surface area contributed by atoms with E-state index in [1.807, 2.05) is 19.1 Å². The molecule has 0 aliphatic carbocycles. The Hall–Kier alpha value is -0.850. The standard InChI is InChI=1S/C6H6N/c1-6-4-2-3-5-7-6/h2-4H,1H3/q-1. The molecule has 0 aliphatic heterocycles. The number of pyridine rings is 1. The molecule has 0 amide bonds. The summed E-state index contributed by atoms with van der Waals surface area (Å²) in [6.07, 6.45) is 2.71. The van der Waals surface area contributed by atoms with Gasteiger partial charge in [-0.1, -0.05) is 18.8 Å². The van der Waals surface area contributed by atoms with E-state index in [-0.39, 0.29) is 0 Å². The normalized spacial score (nSPS) is 8.71. The highest BCUT2D eigenvalue weighted by Gasteiger charge is 1.62. The third-order valence-corrected chi connectivity index (χ3v) is 0.749. The average molecular weight is 92.1 g/mol. The Morgan fingerprint density at radius 1 is 1.71 bits per heavy atom. The lowest BCUT2D eigenvalue weighted by Gasteiger charge is -1.93. The van der Waals surface area contributed by atoms with E-state index in [1.165, 1.54) is 0 Å². The lowest BCUT2D eigenvalue weighted by molar-refractivity contribution is 1.19. The fourth-order valence-corrected chi connectivity index (χ4v) is 0.407. The quantitative estimate of drug-likeness (QED) is 0.438. The molecule has 0 N–H and O–H groups in total. The van der Waals surface area contributed by atoms with E-state index in [0.29, 0.717) is 0 Å². The minimum Gasteiger partial charge on any atom is -0.391 e. The van der Waals surface area contributed by atoms with Gasteiger partial charge in [-0.05, 0) is 0 Å². The summed E-state index contributed by atoms with van der Waals surface area (Å²) in [5, 5.41) is 0. The first-order chi connectivity index (χ1) is 3.39. The Balaban J connectivity index is 3.02. The molecule has 7 heavy (non-hydrogen) atoms. The summed E-state index contributed by atoms with van der Waals surface area (Å²) in [4.78, 5) is 3.85. The molecule has 0 bridgehead atoms. The van der Waals surface area contributed by atoms with Crippen LogP contribution in [0.1, 0.15) is 5.69 Å². The summed E-state index contributed by atoms with van der Waals surface area (Å²) in [7, 11) is 0. The summed E-state index contributed by atoms with van der Waals surface area (Å²) in [6.45, 7) is 1.94. The Bertz CT molecular complexity index is 134. The van der Waals surface area contributed by atoms with Gasteiger partial charge in [0.1, 0.15) is 0 Å². The molecule has 0 saturated heterocycles. The van der Waals surface area contributed by atoms with Crippen molar-refractivity contribution < 1.29 is 0 Å². The Morgan fingerprint density at radius 3 is 2.86 bits per heavy atom. The Kier molecular flexibility index (Phi) is 1.07. The second-order valence-electron chi connectivity index (χ2n) is 1.41. The van der Waals surface area contributed by atoms with Crippen LogP contribution in [0.4, 0.5) is 0 Å². The largest absolute Gasteiger partial charge is 0.391 e. The second-order valence-corrected chi connectivity index (χ2v) is 1.41. The van der Waals surface area contributed by atoms with Gasteiger partial charge in [0.05, 0.1) is 0 Å². The zero-order valence-corrected chi connectivity index (χ0v) is 4.18. The van der Waals surface area contributed by atoms with Crippen molar-refractivity contribution in [2.75, 3.05) is 0 Å². The molecule has 36 valence electrons. The van der Waals surface area contributed by atoms with Crippen LogP contribution in [0.15, 0.2) is 18.2 Å². The van der Waals surface area contributed by atoms with Crippen molar-refractivity contribution >= 4 is 0 Å². The molecule has 1 heterocycles. The monoisotopic (exact) mass is 92.1 g/mol. The van der Waals surface area contributed by atoms with Crippen molar-refractivity contribution in [2.24, 2.45) is 0 Å². The molecule has 1 heteroatoms. The van der Waals surface area contributed by atoms with Gasteiger partial charge >= 0.3 is 0 Å². The summed E-state index contributed by atoms with van der Waals surface area (Å²) in [5.41, 5.74) is 1.02. The van der Waals surface area contributed by atoms with Crippen LogP contribution in [0.2, 0.25) is 0 Å². The maximum Gasteiger partial charge on any atom is -0.0694 e. The fraction of sp³-hybridized carbons (Fsp3) is 0.167. The molecule has 0 spiro atoms. The van der Waals surface area contributed by atoms with Crippen LogP contribution in [-0.2, 0) is 0 Å². The third kappa shape index (κ3) is 1.000. The number of hydrogen-bond donors (Lipinski definition) is 0. The van der Waals surface area contributed by atoms with Crippen molar-refractivity contribution in [2.45, 2.75) is 6.92 Å². The number of rotatable bonds is 0. The van der Waals surface area contributed by atoms with Crippen LogP contribution in [0, 0.1) is 13.1 Å². The van der Waals surface area contributed by atoms with Crippen LogP contribution in [0.3, 0.4) is 0 Å². The third-order valence-electron chi connectivity index (χ3n) is 0.749. The number of aromatic nitrogens is 1. The van der Waals surface area contributed by atoms with E-state index in [0.717, 1.165) is 5.69 Å². The van der Waals surface area contributed by atoms with E-state index in [4.69, 9.17) is 0 Å². The summed E-state index contributed by atoms with van der Waals surface area (Å²) >= 11 is 0. The van der Waals surface area contributed by atoms with Gasteiger partial charge in [-0.25, -0.2) is 0 Å². The molecule has 0 aliphatic rings. The molecule has 1 rings (SSSR count). The van der Waals surface area contributed by atoms with E-state index in [1.54, 1.807) is 6.07 Å². The van der Waals surface area contributed by atoms with Gasteiger partial charge in [-0.2, -0.15) is 18.2 Å². The first-order valence-corrected chi connectivity index (χ1v) is 2.19. The van der Waals surface area contributed by atoms with Gasteiger partial charge in [-0.3, -0.25) is 0 Å². The maximum absolute atomic E-state index is 3.85. The summed E-state index contributed by atoms with van der Waals surface area (Å²) in [6, 6.07) is 5.64. The SMILES string of the molecule is Cc1ccc[c-]n1. The summed E-state index contributed by atoms with van der Waals surface area (Å²) in [5.74, 6) is 0. The number of nitrogens with zero attached hydrogens (tertiary/aromatic N) is 1. The molecular weight excluding hydrogens is 86.1 g/mol. The van der Waals surface area contributed by atoms with Gasteiger partial charge in [0.15, 0.2) is 0 Å². The predicted molar refractivity (Wildman–Crippen MR) is 27.8 cm³/mol. The van der Waals surface area contributed by atoms with Crippen LogP contribution in [-0.4, -0.2) is 4.98 Å². The molecular formula is C6H6N-. The minimum atomic E-state index is 1.02. The van der Waals surface area contributed by atoms with Gasteiger partial charge in [0.25, 0.3) is 0 Å². The molecule has 0 fully saturated rings. The number of hydrogen-bond acceptors (Lipinski definition) is 1. The van der Waals surface area contributed by atoms with Gasteiger partial charge < -0.3 is 4.98 Å². The highest BCUT2D eigenvalue weighted by molar-refractivity contribution is 4.99. The molecule has 0 aromatic carbocycles. The Morgan fingerprint density at radius 2 is 2.57 bits per heavy atom. The smallest absolute Gasteiger partial charge is 0.0694 e. The Labute approximate surface area is 43.0 Å². The van der Waals surface area contributed by atoms with Crippen molar-refractivity contribution in [3.8, 4) is 0 Å². The molecule has 1 aromatic rings. The minimum absolute atomic E-state index is 1.02. The van der Waals surface area contributed by atoms with Gasteiger partial charge in [0.2, 0.25) is 0 Å². The van der Waals surface area contributed by atoms with E-state index < -0.39 is 0 Å². The van der Waals surface area contributed by atoms with Crippen molar-refractivity contribution in [1.82, 2.24) is 4.98 Å². The van der Waals surface area contributed by atoms with Crippen molar-refractivity contribution in [3.63, 3.8) is 0 Å². The van der Waals surface area contributed by atoms with E-state index in [9.17, 15) is 0 Å². The summed E-state index contributed by atoms with van der Waals surface area (Å²) < 4.78 is 0. The molecule has 0 radical (unpaired) electrons. The van der Waals surface area contributed by atoms with E-state index >= 15 is 0 Å². The molecule has 1 aromatic heterocycles. The topological polar surface area (TPSA) is 12.9 Å². The van der Waals surface area contributed by atoms with Gasteiger partial charge in [-0.15, -0.1) is 0 Å². The van der Waals surface area contributed by atoms with Crippen LogP contribution < -0.4 is 0 Å². The highest BCUT2D eigenvalue weighted by atomic mass is 14.6. The van der Waals surface area contributed by atoms with Crippen molar-refractivity contribution in [3.05, 3.63) is 30.1 Å². The molecule has 0 atom stereocenters. The van der Waals surface area contributed by atoms with E-state index in [2.05, 4.69) is 11.2 Å². The lowest BCUT2D eigenvalue weighted by Crippen LogP contribution is -1.73. The number of aryl methyl sites for hydroxylation is 1. The fourth-order valence-electron chi connectivity index (χ4n) is 0.407. The maximum atomic E-state index is 3.85. The van der Waals surface area contributed by atoms with Crippen molar-refractivity contribution in [1.29, 1.82) is 0 Å².